The van der Waals surface area contributed by atoms with Gasteiger partial charge in [0.05, 0.1) is 19.3 Å². The summed E-state index contributed by atoms with van der Waals surface area (Å²) >= 11 is 6.01. The van der Waals surface area contributed by atoms with Crippen LogP contribution in [0.5, 0.6) is 5.75 Å². The van der Waals surface area contributed by atoms with Crippen molar-refractivity contribution in [3.63, 3.8) is 0 Å². The Morgan fingerprint density at radius 3 is 2.33 bits per heavy atom. The Hall–Kier alpha value is -3.92. The second-order valence-corrected chi connectivity index (χ2v) is 8.81. The molecule has 0 amide bonds. The fourth-order valence-corrected chi connectivity index (χ4v) is 3.66. The van der Waals surface area contributed by atoms with Crippen molar-refractivity contribution in [3.05, 3.63) is 79.6 Å². The lowest BCUT2D eigenvalue weighted by atomic mass is 10.1. The molecule has 0 fully saturated rings. The van der Waals surface area contributed by atoms with Crippen LogP contribution < -0.4 is 21.4 Å². The lowest BCUT2D eigenvalue weighted by molar-refractivity contribution is -0.152. The summed E-state index contributed by atoms with van der Waals surface area (Å²) in [5, 5.41) is 3.55. The quantitative estimate of drug-likeness (QED) is 0.341. The van der Waals surface area contributed by atoms with E-state index < -0.39 is 35.7 Å². The van der Waals surface area contributed by atoms with Gasteiger partial charge in [-0.3, -0.25) is 9.36 Å². The number of aryl methyl sites for hydroxylation is 1. The van der Waals surface area contributed by atoms with Gasteiger partial charge in [0.1, 0.15) is 12.3 Å². The fraction of sp³-hybridized carbons (Fsp3) is 0.320. The van der Waals surface area contributed by atoms with Crippen molar-refractivity contribution in [1.29, 1.82) is 0 Å². The third-order valence-corrected chi connectivity index (χ3v) is 5.60. The number of esters is 1. The molecule has 1 heterocycles. The van der Waals surface area contributed by atoms with Crippen LogP contribution in [-0.2, 0) is 20.9 Å². The molecule has 0 spiro atoms. The number of Topliss-reactive ketones (excluding diaryl/α,β-unsaturated/α-hetero) is 1. The molecule has 2 aromatic carbocycles. The molecular weight excluding hydrogens is 488 g/mol. The number of benzene rings is 2. The van der Waals surface area contributed by atoms with Gasteiger partial charge in [0.2, 0.25) is 5.95 Å². The summed E-state index contributed by atoms with van der Waals surface area (Å²) in [6.07, 6.45) is -0.00475. The molecule has 0 aliphatic heterocycles. The Balaban J connectivity index is 2.12. The standard InChI is InChI=1S/C25H27ClN4O6/c1-14(2)36-21-11-10-19(12-15(21)3)27-23-28-24(33)29(13-20(31)22(32)35-5)25(34)30(23)16(4)17-6-8-18(26)9-7-17/h6-12,14,16H,13H2,1-5H3,(H,27,28,33)/t16-/m0/s1. The average molecular weight is 515 g/mol. The third-order valence-electron chi connectivity index (χ3n) is 5.35. The second-order valence-electron chi connectivity index (χ2n) is 8.37. The summed E-state index contributed by atoms with van der Waals surface area (Å²) in [5.74, 6) is -1.56. The van der Waals surface area contributed by atoms with E-state index in [0.717, 1.165) is 12.7 Å². The normalized spacial score (nSPS) is 11.8. The number of rotatable bonds is 9. The number of carbonyl (C=O) groups excluding carboxylic acids is 2. The van der Waals surface area contributed by atoms with Gasteiger partial charge in [0, 0.05) is 10.7 Å². The molecule has 36 heavy (non-hydrogen) atoms. The zero-order valence-electron chi connectivity index (χ0n) is 20.6. The Morgan fingerprint density at radius 1 is 1.08 bits per heavy atom. The van der Waals surface area contributed by atoms with E-state index in [1.807, 2.05) is 20.8 Å². The third kappa shape index (κ3) is 6.01. The van der Waals surface area contributed by atoms with Gasteiger partial charge < -0.3 is 14.8 Å². The number of aromatic nitrogens is 3. The molecule has 1 aromatic heterocycles. The van der Waals surface area contributed by atoms with Gasteiger partial charge in [-0.05, 0) is 69.2 Å². The lowest BCUT2D eigenvalue weighted by Crippen LogP contribution is -2.45. The zero-order valence-corrected chi connectivity index (χ0v) is 21.3. The minimum Gasteiger partial charge on any atom is -0.491 e. The largest absolute Gasteiger partial charge is 0.491 e. The van der Waals surface area contributed by atoms with Crippen LogP contribution in [-0.4, -0.2) is 39.1 Å². The molecule has 190 valence electrons. The van der Waals surface area contributed by atoms with E-state index in [1.165, 1.54) is 4.57 Å². The van der Waals surface area contributed by atoms with Crippen molar-refractivity contribution in [2.75, 3.05) is 12.4 Å². The van der Waals surface area contributed by atoms with E-state index >= 15 is 0 Å². The molecule has 10 nitrogen and oxygen atoms in total. The van der Waals surface area contributed by atoms with E-state index in [4.69, 9.17) is 16.3 Å². The molecular formula is C25H27ClN4O6. The number of hydrogen-bond donors (Lipinski definition) is 1. The second kappa shape index (κ2) is 11.2. The summed E-state index contributed by atoms with van der Waals surface area (Å²) in [7, 11) is 1.04. The van der Waals surface area contributed by atoms with Crippen LogP contribution in [0.25, 0.3) is 0 Å². The predicted octanol–water partition coefficient (Wildman–Crippen LogP) is 3.25. The van der Waals surface area contributed by atoms with E-state index in [9.17, 15) is 19.2 Å². The SMILES string of the molecule is COC(=O)C(=O)Cn1c(=O)nc(Nc2ccc(OC(C)C)c(C)c2)n([C@@H](C)c2ccc(Cl)cc2)c1=O. The van der Waals surface area contributed by atoms with Crippen LogP contribution in [0.3, 0.4) is 0 Å². The van der Waals surface area contributed by atoms with Crippen LogP contribution in [0.4, 0.5) is 11.6 Å². The highest BCUT2D eigenvalue weighted by Crippen LogP contribution is 2.26. The van der Waals surface area contributed by atoms with Crippen molar-refractivity contribution >= 4 is 35.0 Å². The van der Waals surface area contributed by atoms with Crippen LogP contribution >= 0.6 is 11.6 Å². The molecule has 0 saturated carbocycles. The van der Waals surface area contributed by atoms with Gasteiger partial charge in [-0.15, -0.1) is 0 Å². The zero-order chi connectivity index (χ0) is 26.6. The van der Waals surface area contributed by atoms with E-state index in [-0.39, 0.29) is 12.1 Å². The van der Waals surface area contributed by atoms with Crippen LogP contribution in [0, 0.1) is 6.92 Å². The number of nitrogens with zero attached hydrogens (tertiary/aromatic N) is 3. The number of halogens is 1. The highest BCUT2D eigenvalue weighted by molar-refractivity contribution is 6.33. The first-order chi connectivity index (χ1) is 17.0. The molecule has 0 aliphatic carbocycles. The maximum atomic E-state index is 13.5. The van der Waals surface area contributed by atoms with Crippen molar-refractivity contribution in [2.45, 2.75) is 46.4 Å². The van der Waals surface area contributed by atoms with E-state index in [2.05, 4.69) is 15.0 Å². The van der Waals surface area contributed by atoms with Crippen LogP contribution in [0.2, 0.25) is 5.02 Å². The van der Waals surface area contributed by atoms with Crippen LogP contribution in [0.1, 0.15) is 37.9 Å². The Kier molecular flexibility index (Phi) is 8.31. The number of nitrogens with one attached hydrogen (secondary N) is 1. The molecule has 0 radical (unpaired) electrons. The van der Waals surface area contributed by atoms with Crippen LogP contribution in [0.15, 0.2) is 52.1 Å². The maximum absolute atomic E-state index is 13.5. The molecule has 11 heteroatoms. The number of ether oxygens (including phenoxy) is 2. The van der Waals surface area contributed by atoms with E-state index in [0.29, 0.717) is 26.6 Å². The first-order valence-electron chi connectivity index (χ1n) is 11.2. The number of methoxy groups -OCH3 is 1. The number of carbonyl (C=O) groups is 2. The maximum Gasteiger partial charge on any atom is 0.376 e. The summed E-state index contributed by atoms with van der Waals surface area (Å²) in [6.45, 7) is 6.65. The first-order valence-corrected chi connectivity index (χ1v) is 11.5. The Labute approximate surface area is 212 Å². The van der Waals surface area contributed by atoms with Gasteiger partial charge >= 0.3 is 17.3 Å². The van der Waals surface area contributed by atoms with Gasteiger partial charge in [-0.1, -0.05) is 23.7 Å². The average Bonchev–Trinajstić information content (AvgIpc) is 2.82. The Morgan fingerprint density at radius 2 is 1.75 bits per heavy atom. The van der Waals surface area contributed by atoms with Gasteiger partial charge in [0.15, 0.2) is 0 Å². The highest BCUT2D eigenvalue weighted by atomic mass is 35.5. The van der Waals surface area contributed by atoms with Gasteiger partial charge in [-0.25, -0.2) is 19.0 Å². The van der Waals surface area contributed by atoms with E-state index in [1.54, 1.807) is 49.4 Å². The van der Waals surface area contributed by atoms with Gasteiger partial charge in [0.25, 0.3) is 5.78 Å². The molecule has 1 atom stereocenters. The molecule has 0 saturated heterocycles. The number of hydrogen-bond acceptors (Lipinski definition) is 8. The minimum atomic E-state index is -1.17. The Bertz CT molecular complexity index is 1400. The van der Waals surface area contributed by atoms with Crippen molar-refractivity contribution in [3.8, 4) is 5.75 Å². The van der Waals surface area contributed by atoms with Gasteiger partial charge in [-0.2, -0.15) is 4.98 Å². The monoisotopic (exact) mass is 514 g/mol. The topological polar surface area (TPSA) is 122 Å². The summed E-state index contributed by atoms with van der Waals surface area (Å²) in [6, 6.07) is 11.5. The van der Waals surface area contributed by atoms with Crippen molar-refractivity contribution < 1.29 is 19.1 Å². The minimum absolute atomic E-state index is 0.00475. The summed E-state index contributed by atoms with van der Waals surface area (Å²) < 4.78 is 12.0. The number of ketones is 1. The fourth-order valence-electron chi connectivity index (χ4n) is 3.53. The predicted molar refractivity (Wildman–Crippen MR) is 135 cm³/mol. The summed E-state index contributed by atoms with van der Waals surface area (Å²) in [4.78, 5) is 53.9. The summed E-state index contributed by atoms with van der Waals surface area (Å²) in [5.41, 5.74) is 0.290. The molecule has 0 unspecified atom stereocenters. The molecule has 0 bridgehead atoms. The smallest absolute Gasteiger partial charge is 0.376 e. The van der Waals surface area contributed by atoms with Crippen molar-refractivity contribution in [1.82, 2.24) is 14.1 Å². The number of anilines is 2. The molecule has 3 rings (SSSR count). The molecule has 3 aromatic rings. The van der Waals surface area contributed by atoms with Crippen molar-refractivity contribution in [2.24, 2.45) is 0 Å². The molecule has 1 N–H and O–H groups in total. The highest BCUT2D eigenvalue weighted by Gasteiger charge is 2.23. The lowest BCUT2D eigenvalue weighted by Gasteiger charge is -2.21. The first kappa shape index (κ1) is 26.7. The molecule has 0 aliphatic rings.